The highest BCUT2D eigenvalue weighted by molar-refractivity contribution is 5.19. The first-order valence-corrected chi connectivity index (χ1v) is 5.81. The summed E-state index contributed by atoms with van der Waals surface area (Å²) in [4.78, 5) is 2.49. The van der Waals surface area contributed by atoms with Gasteiger partial charge in [0.1, 0.15) is 0 Å². The van der Waals surface area contributed by atoms with Crippen LogP contribution >= 0.6 is 0 Å². The quantitative estimate of drug-likeness (QED) is 0.814. The molecule has 2 heteroatoms. The van der Waals surface area contributed by atoms with E-state index in [1.807, 2.05) is 6.07 Å². The largest absolute Gasteiger partial charge is 0.396 e. The summed E-state index contributed by atoms with van der Waals surface area (Å²) in [5.41, 5.74) is 1.34. The Morgan fingerprint density at radius 2 is 1.80 bits per heavy atom. The molecule has 0 aromatic heterocycles. The lowest BCUT2D eigenvalue weighted by Gasteiger charge is -2.27. The summed E-state index contributed by atoms with van der Waals surface area (Å²) in [6, 6.07) is 10.9. The number of hydrogen-bond donors (Lipinski definition) is 1. The molecule has 15 heavy (non-hydrogen) atoms. The highest BCUT2D eigenvalue weighted by Gasteiger charge is 2.22. The number of likely N-dealkylation sites (tertiary alicyclic amines) is 1. The Morgan fingerprint density at radius 1 is 1.13 bits per heavy atom. The van der Waals surface area contributed by atoms with Crippen molar-refractivity contribution in [3.8, 4) is 0 Å². The van der Waals surface area contributed by atoms with E-state index in [4.69, 9.17) is 5.11 Å². The van der Waals surface area contributed by atoms with Gasteiger partial charge in [-0.2, -0.15) is 0 Å². The number of hydrogen-bond acceptors (Lipinski definition) is 2. The van der Waals surface area contributed by atoms with Crippen LogP contribution in [-0.2, 0) is 0 Å². The maximum absolute atomic E-state index is 9.13. The Bertz CT molecular complexity index is 280. The van der Waals surface area contributed by atoms with Gasteiger partial charge in [-0.25, -0.2) is 0 Å². The molecule has 2 nitrogen and oxygen atoms in total. The zero-order chi connectivity index (χ0) is 10.5. The van der Waals surface area contributed by atoms with E-state index in [9.17, 15) is 0 Å². The zero-order valence-corrected chi connectivity index (χ0v) is 9.10. The van der Waals surface area contributed by atoms with Crippen molar-refractivity contribution in [1.29, 1.82) is 0 Å². The molecule has 1 aliphatic heterocycles. The molecule has 1 heterocycles. The van der Waals surface area contributed by atoms with E-state index in [-0.39, 0.29) is 6.61 Å². The topological polar surface area (TPSA) is 23.5 Å². The van der Waals surface area contributed by atoms with Crippen LogP contribution in [0.25, 0.3) is 0 Å². The Labute approximate surface area is 91.5 Å². The minimum atomic E-state index is 0.274. The molecular formula is C13H19NO. The van der Waals surface area contributed by atoms with Crippen LogP contribution in [0.15, 0.2) is 30.3 Å². The van der Waals surface area contributed by atoms with Gasteiger partial charge in [0.25, 0.3) is 0 Å². The van der Waals surface area contributed by atoms with Gasteiger partial charge in [-0.1, -0.05) is 30.3 Å². The number of benzene rings is 1. The molecule has 1 N–H and O–H groups in total. The lowest BCUT2D eigenvalue weighted by Crippen LogP contribution is -2.26. The van der Waals surface area contributed by atoms with E-state index >= 15 is 0 Å². The first kappa shape index (κ1) is 10.7. The predicted molar refractivity (Wildman–Crippen MR) is 61.7 cm³/mol. The zero-order valence-electron chi connectivity index (χ0n) is 9.10. The summed E-state index contributed by atoms with van der Waals surface area (Å²) >= 11 is 0. The average molecular weight is 205 g/mol. The number of rotatable bonds is 4. The first-order valence-electron chi connectivity index (χ1n) is 5.81. The van der Waals surface area contributed by atoms with Gasteiger partial charge in [0.15, 0.2) is 0 Å². The second kappa shape index (κ2) is 5.29. The van der Waals surface area contributed by atoms with Gasteiger partial charge in [0.2, 0.25) is 0 Å². The molecule has 1 aliphatic rings. The Kier molecular flexibility index (Phi) is 3.75. The lowest BCUT2D eigenvalue weighted by molar-refractivity contribution is 0.185. The molecule has 0 aliphatic carbocycles. The van der Waals surface area contributed by atoms with Crippen molar-refractivity contribution in [3.05, 3.63) is 35.9 Å². The minimum Gasteiger partial charge on any atom is -0.396 e. The van der Waals surface area contributed by atoms with Crippen molar-refractivity contribution in [1.82, 2.24) is 4.90 Å². The molecule has 0 bridgehead atoms. The summed E-state index contributed by atoms with van der Waals surface area (Å²) < 4.78 is 0. The minimum absolute atomic E-state index is 0.274. The maximum atomic E-state index is 9.13. The molecule has 1 aromatic carbocycles. The second-order valence-electron chi connectivity index (χ2n) is 4.18. The summed E-state index contributed by atoms with van der Waals surface area (Å²) in [7, 11) is 0. The molecule has 0 amide bonds. The van der Waals surface area contributed by atoms with Crippen molar-refractivity contribution in [2.75, 3.05) is 19.7 Å². The van der Waals surface area contributed by atoms with Gasteiger partial charge in [-0.3, -0.25) is 4.90 Å². The van der Waals surface area contributed by atoms with Crippen molar-refractivity contribution in [2.45, 2.75) is 25.3 Å². The van der Waals surface area contributed by atoms with Crippen LogP contribution in [0, 0.1) is 0 Å². The van der Waals surface area contributed by atoms with E-state index in [0.29, 0.717) is 6.04 Å². The van der Waals surface area contributed by atoms with Crippen molar-refractivity contribution in [3.63, 3.8) is 0 Å². The number of aliphatic hydroxyl groups is 1. The van der Waals surface area contributed by atoms with Crippen LogP contribution in [-0.4, -0.2) is 29.7 Å². The Morgan fingerprint density at radius 3 is 2.40 bits per heavy atom. The van der Waals surface area contributed by atoms with E-state index < -0.39 is 0 Å². The van der Waals surface area contributed by atoms with Crippen LogP contribution in [0.3, 0.4) is 0 Å². The third-order valence-corrected chi connectivity index (χ3v) is 3.17. The summed E-state index contributed by atoms with van der Waals surface area (Å²) in [6.07, 6.45) is 3.45. The predicted octanol–water partition coefficient (Wildman–Crippen LogP) is 2.21. The maximum Gasteiger partial charge on any atom is 0.0449 e. The fraction of sp³-hybridized carbons (Fsp3) is 0.538. The molecule has 82 valence electrons. The Hall–Kier alpha value is -0.860. The number of nitrogens with zero attached hydrogens (tertiary/aromatic N) is 1. The van der Waals surface area contributed by atoms with E-state index in [1.54, 1.807) is 0 Å². The van der Waals surface area contributed by atoms with Gasteiger partial charge >= 0.3 is 0 Å². The van der Waals surface area contributed by atoms with Crippen LogP contribution in [0.5, 0.6) is 0 Å². The molecule has 0 saturated carbocycles. The van der Waals surface area contributed by atoms with Crippen molar-refractivity contribution >= 4 is 0 Å². The summed E-state index contributed by atoms with van der Waals surface area (Å²) in [6.45, 7) is 2.63. The van der Waals surface area contributed by atoms with Crippen molar-refractivity contribution < 1.29 is 5.11 Å². The molecule has 1 aromatic rings. The normalized spacial score (nSPS) is 19.3. The van der Waals surface area contributed by atoms with Gasteiger partial charge < -0.3 is 5.11 Å². The van der Waals surface area contributed by atoms with Gasteiger partial charge in [-0.15, -0.1) is 0 Å². The molecule has 1 fully saturated rings. The van der Waals surface area contributed by atoms with Crippen LogP contribution < -0.4 is 0 Å². The van der Waals surface area contributed by atoms with Gasteiger partial charge in [-0.05, 0) is 37.9 Å². The fourth-order valence-electron chi connectivity index (χ4n) is 2.41. The first-order chi connectivity index (χ1) is 7.42. The third kappa shape index (κ3) is 2.58. The molecular weight excluding hydrogens is 186 g/mol. The SMILES string of the molecule is OCCC(c1ccccc1)N1CCCC1. The molecule has 1 unspecified atom stereocenters. The van der Waals surface area contributed by atoms with E-state index in [0.717, 1.165) is 6.42 Å². The summed E-state index contributed by atoms with van der Waals surface area (Å²) in [5.74, 6) is 0. The average Bonchev–Trinajstić information content (AvgIpc) is 2.80. The smallest absolute Gasteiger partial charge is 0.0449 e. The molecule has 0 spiro atoms. The highest BCUT2D eigenvalue weighted by atomic mass is 16.3. The molecule has 1 saturated heterocycles. The van der Waals surface area contributed by atoms with E-state index in [2.05, 4.69) is 29.2 Å². The van der Waals surface area contributed by atoms with Crippen molar-refractivity contribution in [2.24, 2.45) is 0 Å². The molecule has 1 atom stereocenters. The third-order valence-electron chi connectivity index (χ3n) is 3.17. The standard InChI is InChI=1S/C13H19NO/c15-11-8-13(14-9-4-5-10-14)12-6-2-1-3-7-12/h1-3,6-7,13,15H,4-5,8-11H2. The number of aliphatic hydroxyl groups excluding tert-OH is 1. The molecule has 2 rings (SSSR count). The highest BCUT2D eigenvalue weighted by Crippen LogP contribution is 2.27. The summed E-state index contributed by atoms with van der Waals surface area (Å²) in [5, 5.41) is 9.13. The van der Waals surface area contributed by atoms with Crippen LogP contribution in [0.4, 0.5) is 0 Å². The lowest BCUT2D eigenvalue weighted by atomic mass is 10.0. The second-order valence-corrected chi connectivity index (χ2v) is 4.18. The fourth-order valence-corrected chi connectivity index (χ4v) is 2.41. The molecule has 0 radical (unpaired) electrons. The Balaban J connectivity index is 2.11. The van der Waals surface area contributed by atoms with Crippen LogP contribution in [0.1, 0.15) is 30.9 Å². The van der Waals surface area contributed by atoms with E-state index in [1.165, 1.54) is 31.5 Å². The monoisotopic (exact) mass is 205 g/mol. The van der Waals surface area contributed by atoms with Gasteiger partial charge in [0, 0.05) is 12.6 Å². The van der Waals surface area contributed by atoms with Crippen LogP contribution in [0.2, 0.25) is 0 Å². The van der Waals surface area contributed by atoms with Gasteiger partial charge in [0.05, 0.1) is 0 Å².